The number of nitrogens with one attached hydrogen (secondary N) is 1. The molecule has 0 aromatic rings. The maximum atomic E-state index is 10.6. The normalized spacial score (nSPS) is 31.5. The highest BCUT2D eigenvalue weighted by atomic mass is 16.2. The molecule has 1 aliphatic rings. The van der Waals surface area contributed by atoms with E-state index in [2.05, 4.69) is 19.3 Å². The van der Waals surface area contributed by atoms with E-state index in [9.17, 15) is 4.79 Å². The van der Waals surface area contributed by atoms with Gasteiger partial charge in [0.1, 0.15) is 0 Å². The molecule has 0 aromatic heterocycles. The first-order valence-electron chi connectivity index (χ1n) is 4.45. The zero-order chi connectivity index (χ0) is 9.14. The van der Waals surface area contributed by atoms with Gasteiger partial charge >= 0.3 is 6.03 Å². The summed E-state index contributed by atoms with van der Waals surface area (Å²) in [5, 5.41) is 1.95. The number of hydrazine groups is 1. The van der Waals surface area contributed by atoms with Crippen LogP contribution in [0.1, 0.15) is 33.1 Å². The molecule has 12 heavy (non-hydrogen) atoms. The molecule has 0 bridgehead atoms. The van der Waals surface area contributed by atoms with Gasteiger partial charge in [0.15, 0.2) is 0 Å². The van der Waals surface area contributed by atoms with Gasteiger partial charge < -0.3 is 5.73 Å². The number of primary amides is 1. The van der Waals surface area contributed by atoms with Crippen molar-refractivity contribution in [3.05, 3.63) is 0 Å². The summed E-state index contributed by atoms with van der Waals surface area (Å²) in [7, 11) is 0. The number of hydrogen-bond donors (Lipinski definition) is 2. The summed E-state index contributed by atoms with van der Waals surface area (Å²) in [5.74, 6) is 0. The lowest BCUT2D eigenvalue weighted by atomic mass is 10.00. The van der Waals surface area contributed by atoms with Crippen LogP contribution in [-0.4, -0.2) is 23.1 Å². The Balaban J connectivity index is 2.50. The van der Waals surface area contributed by atoms with Crippen molar-refractivity contribution in [3.63, 3.8) is 0 Å². The molecule has 0 radical (unpaired) electrons. The molecule has 1 heterocycles. The number of nitrogens with zero attached hydrogens (tertiary/aromatic N) is 1. The van der Waals surface area contributed by atoms with Gasteiger partial charge in [0.25, 0.3) is 0 Å². The minimum Gasteiger partial charge on any atom is -0.351 e. The zero-order valence-corrected chi connectivity index (χ0v) is 7.71. The molecule has 1 saturated heterocycles. The summed E-state index contributed by atoms with van der Waals surface area (Å²) in [6, 6.07) is 0.345. The van der Waals surface area contributed by atoms with Gasteiger partial charge in [-0.3, -0.25) is 5.43 Å². The van der Waals surface area contributed by atoms with E-state index >= 15 is 0 Å². The monoisotopic (exact) mass is 171 g/mol. The molecule has 0 aromatic carbocycles. The number of carbonyl (C=O) groups excluding carboxylic acids is 1. The second kappa shape index (κ2) is 3.76. The Hall–Kier alpha value is -0.770. The Morgan fingerprint density at radius 3 is 2.33 bits per heavy atom. The first-order chi connectivity index (χ1) is 5.61. The van der Waals surface area contributed by atoms with Crippen molar-refractivity contribution in [2.45, 2.75) is 45.2 Å². The number of nitrogens with two attached hydrogens (primary N) is 1. The van der Waals surface area contributed by atoms with Crippen molar-refractivity contribution >= 4 is 6.03 Å². The van der Waals surface area contributed by atoms with Gasteiger partial charge in [0.2, 0.25) is 0 Å². The average molecular weight is 171 g/mol. The van der Waals surface area contributed by atoms with Crippen LogP contribution in [0.3, 0.4) is 0 Å². The molecule has 0 spiro atoms. The molecule has 0 saturated carbocycles. The molecule has 0 aliphatic carbocycles. The fraction of sp³-hybridized carbons (Fsp3) is 0.875. The molecule has 3 N–H and O–H groups in total. The molecular weight excluding hydrogens is 154 g/mol. The summed E-state index contributed by atoms with van der Waals surface area (Å²) in [6.07, 6.45) is 3.49. The first kappa shape index (κ1) is 9.32. The van der Waals surface area contributed by atoms with E-state index in [0.29, 0.717) is 12.1 Å². The summed E-state index contributed by atoms with van der Waals surface area (Å²) < 4.78 is 0. The van der Waals surface area contributed by atoms with E-state index in [1.165, 1.54) is 6.42 Å². The lowest BCUT2D eigenvalue weighted by molar-refractivity contribution is 0.0616. The largest absolute Gasteiger partial charge is 0.351 e. The van der Waals surface area contributed by atoms with Crippen molar-refractivity contribution < 1.29 is 4.79 Å². The maximum absolute atomic E-state index is 10.6. The summed E-state index contributed by atoms with van der Waals surface area (Å²) >= 11 is 0. The zero-order valence-electron chi connectivity index (χ0n) is 7.71. The summed E-state index contributed by atoms with van der Waals surface area (Å²) in [4.78, 5) is 10.6. The molecule has 1 aliphatic heterocycles. The van der Waals surface area contributed by atoms with E-state index < -0.39 is 6.03 Å². The average Bonchev–Trinajstić information content (AvgIpc) is 1.97. The van der Waals surface area contributed by atoms with Gasteiger partial charge in [-0.15, -0.1) is 0 Å². The highest BCUT2D eigenvalue weighted by molar-refractivity contribution is 5.71. The van der Waals surface area contributed by atoms with Crippen LogP contribution in [0.25, 0.3) is 0 Å². The Bertz CT molecular complexity index is 162. The number of carbonyl (C=O) groups is 1. The molecule has 70 valence electrons. The Kier molecular flexibility index (Phi) is 2.92. The smallest absolute Gasteiger partial charge is 0.326 e. The van der Waals surface area contributed by atoms with Crippen molar-refractivity contribution in [1.82, 2.24) is 10.4 Å². The quantitative estimate of drug-likeness (QED) is 0.614. The summed E-state index contributed by atoms with van der Waals surface area (Å²) in [5.41, 5.74) is 7.71. The van der Waals surface area contributed by atoms with Crippen LogP contribution in [0.5, 0.6) is 0 Å². The number of urea groups is 1. The third-order valence-corrected chi connectivity index (χ3v) is 2.43. The summed E-state index contributed by atoms with van der Waals surface area (Å²) in [6.45, 7) is 4.21. The Morgan fingerprint density at radius 2 is 1.92 bits per heavy atom. The van der Waals surface area contributed by atoms with E-state index in [-0.39, 0.29) is 0 Å². The van der Waals surface area contributed by atoms with Crippen LogP contribution in [-0.2, 0) is 0 Å². The van der Waals surface area contributed by atoms with E-state index in [1.807, 2.05) is 5.01 Å². The third kappa shape index (κ3) is 2.11. The molecule has 1 rings (SSSR count). The van der Waals surface area contributed by atoms with Crippen molar-refractivity contribution in [1.29, 1.82) is 0 Å². The lowest BCUT2D eigenvalue weighted by Gasteiger charge is -2.38. The number of piperidine rings is 1. The van der Waals surface area contributed by atoms with Gasteiger partial charge in [-0.2, -0.15) is 0 Å². The predicted molar refractivity (Wildman–Crippen MR) is 47.3 cm³/mol. The van der Waals surface area contributed by atoms with Crippen molar-refractivity contribution in [2.24, 2.45) is 5.73 Å². The fourth-order valence-electron chi connectivity index (χ4n) is 1.77. The van der Waals surface area contributed by atoms with Crippen LogP contribution in [0, 0.1) is 0 Å². The topological polar surface area (TPSA) is 58.4 Å². The van der Waals surface area contributed by atoms with E-state index in [4.69, 9.17) is 5.73 Å². The molecule has 2 atom stereocenters. The predicted octanol–water partition coefficient (Wildman–Crippen LogP) is 0.833. The second-order valence-corrected chi connectivity index (χ2v) is 3.51. The Labute approximate surface area is 73.1 Å². The molecule has 4 nitrogen and oxygen atoms in total. The van der Waals surface area contributed by atoms with E-state index in [0.717, 1.165) is 12.8 Å². The highest BCUT2D eigenvalue weighted by Gasteiger charge is 2.25. The van der Waals surface area contributed by atoms with Gasteiger partial charge in [0.05, 0.1) is 0 Å². The highest BCUT2D eigenvalue weighted by Crippen LogP contribution is 2.19. The molecule has 2 unspecified atom stereocenters. The van der Waals surface area contributed by atoms with Crippen LogP contribution in [0.2, 0.25) is 0 Å². The van der Waals surface area contributed by atoms with Crippen LogP contribution in [0.15, 0.2) is 0 Å². The SMILES string of the molecule is CC1CCCC(C)N1NC(N)=O. The molecule has 2 amide bonds. The van der Waals surface area contributed by atoms with Crippen LogP contribution < -0.4 is 11.2 Å². The standard InChI is InChI=1S/C8H17N3O/c1-6-4-3-5-7(2)11(6)10-8(9)12/h6-7H,3-5H2,1-2H3,(H3,9,10,12). The third-order valence-electron chi connectivity index (χ3n) is 2.43. The van der Waals surface area contributed by atoms with Gasteiger partial charge in [-0.1, -0.05) is 6.42 Å². The first-order valence-corrected chi connectivity index (χ1v) is 4.45. The molecule has 4 heteroatoms. The van der Waals surface area contributed by atoms with Gasteiger partial charge in [-0.05, 0) is 26.7 Å². The van der Waals surface area contributed by atoms with Crippen LogP contribution >= 0.6 is 0 Å². The fourth-order valence-corrected chi connectivity index (χ4v) is 1.77. The minimum atomic E-state index is -0.462. The molecule has 1 fully saturated rings. The van der Waals surface area contributed by atoms with E-state index in [1.54, 1.807) is 0 Å². The maximum Gasteiger partial charge on any atom is 0.326 e. The molecular formula is C8H17N3O. The minimum absolute atomic E-state index is 0.404. The van der Waals surface area contributed by atoms with Crippen molar-refractivity contribution in [3.8, 4) is 0 Å². The van der Waals surface area contributed by atoms with Crippen LogP contribution in [0.4, 0.5) is 4.79 Å². The Morgan fingerprint density at radius 1 is 1.42 bits per heavy atom. The van der Waals surface area contributed by atoms with Crippen molar-refractivity contribution in [2.75, 3.05) is 0 Å². The second-order valence-electron chi connectivity index (χ2n) is 3.51. The van der Waals surface area contributed by atoms with Gasteiger partial charge in [0, 0.05) is 12.1 Å². The number of rotatable bonds is 1. The number of hydrogen-bond acceptors (Lipinski definition) is 2. The lowest BCUT2D eigenvalue weighted by Crippen LogP contribution is -2.55. The van der Waals surface area contributed by atoms with Gasteiger partial charge in [-0.25, -0.2) is 9.80 Å². The number of amides is 2.